The number of carbonyl (C=O) groups excluding carboxylic acids is 1. The Balaban J connectivity index is 1.43. The van der Waals surface area contributed by atoms with Gasteiger partial charge in [-0.25, -0.2) is 0 Å². The summed E-state index contributed by atoms with van der Waals surface area (Å²) in [5.41, 5.74) is 1.32. The normalized spacial score (nSPS) is 30.6. The second-order valence-corrected chi connectivity index (χ2v) is 6.63. The highest BCUT2D eigenvalue weighted by molar-refractivity contribution is 7.07. The zero-order chi connectivity index (χ0) is 12.4. The first-order valence-corrected chi connectivity index (χ1v) is 8.02. The Morgan fingerprint density at radius 1 is 1.33 bits per heavy atom. The van der Waals surface area contributed by atoms with E-state index in [1.807, 2.05) is 0 Å². The number of nitrogens with one attached hydrogen (secondary N) is 1. The maximum atomic E-state index is 12.0. The lowest BCUT2D eigenvalue weighted by Gasteiger charge is -2.28. The Morgan fingerprint density at radius 2 is 2.11 bits per heavy atom. The molecule has 2 fully saturated rings. The van der Waals surface area contributed by atoms with E-state index in [0.717, 1.165) is 19.3 Å². The van der Waals surface area contributed by atoms with Crippen molar-refractivity contribution in [2.45, 2.75) is 57.0 Å². The first-order valence-electron chi connectivity index (χ1n) is 7.08. The van der Waals surface area contributed by atoms with Gasteiger partial charge in [-0.05, 0) is 60.4 Å². The van der Waals surface area contributed by atoms with E-state index in [4.69, 9.17) is 0 Å². The Labute approximate surface area is 113 Å². The van der Waals surface area contributed by atoms with E-state index in [2.05, 4.69) is 22.1 Å². The Bertz CT molecular complexity index is 389. The van der Waals surface area contributed by atoms with Crippen LogP contribution in [0.5, 0.6) is 0 Å². The number of Topliss-reactive ketones (excluding diaryl/α,β-unsaturated/α-hetero) is 1. The van der Waals surface area contributed by atoms with Gasteiger partial charge in [-0.2, -0.15) is 11.3 Å². The molecule has 0 radical (unpaired) electrons. The zero-order valence-electron chi connectivity index (χ0n) is 10.7. The average molecular weight is 263 g/mol. The lowest BCUT2D eigenvalue weighted by Crippen LogP contribution is -2.38. The van der Waals surface area contributed by atoms with Crippen molar-refractivity contribution in [2.24, 2.45) is 5.92 Å². The minimum absolute atomic E-state index is 0.465. The van der Waals surface area contributed by atoms with Crippen LogP contribution in [0.3, 0.4) is 0 Å². The van der Waals surface area contributed by atoms with Crippen molar-refractivity contribution in [3.63, 3.8) is 0 Å². The molecule has 0 aliphatic carbocycles. The third-order valence-electron chi connectivity index (χ3n) is 4.36. The molecule has 2 aliphatic heterocycles. The van der Waals surface area contributed by atoms with Crippen molar-refractivity contribution in [3.05, 3.63) is 22.4 Å². The third-order valence-corrected chi connectivity index (χ3v) is 5.09. The van der Waals surface area contributed by atoms with Crippen molar-refractivity contribution >= 4 is 17.1 Å². The van der Waals surface area contributed by atoms with Gasteiger partial charge in [0.05, 0.1) is 0 Å². The van der Waals surface area contributed by atoms with Crippen LogP contribution in [-0.4, -0.2) is 17.9 Å². The number of thiophene rings is 1. The van der Waals surface area contributed by atoms with Crippen LogP contribution in [0, 0.1) is 5.92 Å². The molecule has 0 amide bonds. The highest BCUT2D eigenvalue weighted by atomic mass is 32.1. The fourth-order valence-electron chi connectivity index (χ4n) is 3.48. The lowest BCUT2D eigenvalue weighted by atomic mass is 9.87. The van der Waals surface area contributed by atoms with Crippen LogP contribution in [0.2, 0.25) is 0 Å². The van der Waals surface area contributed by atoms with Gasteiger partial charge in [-0.3, -0.25) is 4.79 Å². The fourth-order valence-corrected chi connectivity index (χ4v) is 4.19. The van der Waals surface area contributed by atoms with E-state index < -0.39 is 0 Å². The summed E-state index contributed by atoms with van der Waals surface area (Å²) in [7, 11) is 0. The SMILES string of the molecule is O=C(CCc1ccsc1)CC1CC2CCC(C1)N2. The van der Waals surface area contributed by atoms with Crippen molar-refractivity contribution < 1.29 is 4.79 Å². The van der Waals surface area contributed by atoms with Crippen LogP contribution in [0.1, 0.15) is 44.1 Å². The number of hydrogen-bond donors (Lipinski definition) is 1. The van der Waals surface area contributed by atoms with Gasteiger partial charge >= 0.3 is 0 Å². The van der Waals surface area contributed by atoms with E-state index >= 15 is 0 Å². The van der Waals surface area contributed by atoms with Crippen LogP contribution < -0.4 is 5.32 Å². The molecular weight excluding hydrogens is 242 g/mol. The molecule has 98 valence electrons. The van der Waals surface area contributed by atoms with Gasteiger partial charge in [-0.1, -0.05) is 0 Å². The molecule has 2 atom stereocenters. The number of piperidine rings is 1. The molecule has 2 bridgehead atoms. The van der Waals surface area contributed by atoms with Crippen LogP contribution in [0.25, 0.3) is 0 Å². The first-order chi connectivity index (χ1) is 8.79. The second-order valence-electron chi connectivity index (χ2n) is 5.85. The van der Waals surface area contributed by atoms with E-state index in [0.29, 0.717) is 23.8 Å². The summed E-state index contributed by atoms with van der Waals surface area (Å²) >= 11 is 1.72. The highest BCUT2D eigenvalue weighted by Crippen LogP contribution is 2.33. The van der Waals surface area contributed by atoms with Gasteiger partial charge in [0.15, 0.2) is 0 Å². The fraction of sp³-hybridized carbons (Fsp3) is 0.667. The smallest absolute Gasteiger partial charge is 0.133 e. The van der Waals surface area contributed by atoms with Gasteiger partial charge in [0.2, 0.25) is 0 Å². The number of rotatable bonds is 5. The molecule has 3 heterocycles. The molecular formula is C15H21NOS. The highest BCUT2D eigenvalue weighted by Gasteiger charge is 2.33. The topological polar surface area (TPSA) is 29.1 Å². The first kappa shape index (κ1) is 12.4. The number of ketones is 1. The van der Waals surface area contributed by atoms with Crippen molar-refractivity contribution in [1.82, 2.24) is 5.32 Å². The van der Waals surface area contributed by atoms with Crippen molar-refractivity contribution in [3.8, 4) is 0 Å². The maximum Gasteiger partial charge on any atom is 0.133 e. The third kappa shape index (κ3) is 3.01. The van der Waals surface area contributed by atoms with Gasteiger partial charge in [0, 0.05) is 24.9 Å². The average Bonchev–Trinajstić information content (AvgIpc) is 2.97. The quantitative estimate of drug-likeness (QED) is 0.884. The summed E-state index contributed by atoms with van der Waals surface area (Å²) in [4.78, 5) is 12.0. The summed E-state index contributed by atoms with van der Waals surface area (Å²) in [5.74, 6) is 1.12. The Morgan fingerprint density at radius 3 is 2.78 bits per heavy atom. The van der Waals surface area contributed by atoms with Crippen molar-refractivity contribution in [2.75, 3.05) is 0 Å². The second kappa shape index (κ2) is 5.54. The predicted molar refractivity (Wildman–Crippen MR) is 74.9 cm³/mol. The molecule has 0 spiro atoms. The van der Waals surface area contributed by atoms with Crippen LogP contribution in [0.4, 0.5) is 0 Å². The summed E-state index contributed by atoms with van der Waals surface area (Å²) in [6.07, 6.45) is 7.57. The monoisotopic (exact) mass is 263 g/mol. The molecule has 3 rings (SSSR count). The molecule has 18 heavy (non-hydrogen) atoms. The Kier molecular flexibility index (Phi) is 3.80. The van der Waals surface area contributed by atoms with Crippen molar-refractivity contribution in [1.29, 1.82) is 0 Å². The van der Waals surface area contributed by atoms with E-state index in [-0.39, 0.29) is 0 Å². The molecule has 1 aromatic heterocycles. The van der Waals surface area contributed by atoms with E-state index in [1.165, 1.54) is 31.2 Å². The van der Waals surface area contributed by atoms with E-state index in [1.54, 1.807) is 11.3 Å². The van der Waals surface area contributed by atoms with Crippen LogP contribution in [-0.2, 0) is 11.2 Å². The van der Waals surface area contributed by atoms with Gasteiger partial charge < -0.3 is 5.32 Å². The summed E-state index contributed by atoms with van der Waals surface area (Å²) in [5, 5.41) is 7.88. The molecule has 1 N–H and O–H groups in total. The number of fused-ring (bicyclic) bond motifs is 2. The lowest BCUT2D eigenvalue weighted by molar-refractivity contribution is -0.120. The van der Waals surface area contributed by atoms with Gasteiger partial charge in [0.1, 0.15) is 5.78 Å². The zero-order valence-corrected chi connectivity index (χ0v) is 11.5. The molecule has 3 heteroatoms. The van der Waals surface area contributed by atoms with Gasteiger partial charge in [-0.15, -0.1) is 0 Å². The van der Waals surface area contributed by atoms with Gasteiger partial charge in [0.25, 0.3) is 0 Å². The summed E-state index contributed by atoms with van der Waals surface area (Å²) in [6.45, 7) is 0. The number of carbonyl (C=O) groups is 1. The minimum Gasteiger partial charge on any atom is -0.311 e. The van der Waals surface area contributed by atoms with Crippen LogP contribution >= 0.6 is 11.3 Å². The van der Waals surface area contributed by atoms with E-state index in [9.17, 15) is 4.79 Å². The molecule has 1 aromatic rings. The molecule has 0 saturated carbocycles. The largest absolute Gasteiger partial charge is 0.311 e. The molecule has 0 aromatic carbocycles. The number of aryl methyl sites for hydroxylation is 1. The standard InChI is InChI=1S/C15H21NOS/c17-15(4-1-11-5-6-18-10-11)9-12-7-13-2-3-14(8-12)16-13/h5-6,10,12-14,16H,1-4,7-9H2. The summed E-state index contributed by atoms with van der Waals surface area (Å²) < 4.78 is 0. The molecule has 2 unspecified atom stereocenters. The van der Waals surface area contributed by atoms with Crippen LogP contribution in [0.15, 0.2) is 16.8 Å². The maximum absolute atomic E-state index is 12.0. The summed E-state index contributed by atoms with van der Waals surface area (Å²) in [6, 6.07) is 3.54. The molecule has 2 nitrogen and oxygen atoms in total. The predicted octanol–water partition coefficient (Wildman–Crippen LogP) is 3.17. The minimum atomic E-state index is 0.465. The molecule has 2 saturated heterocycles. The Hall–Kier alpha value is -0.670. The molecule has 2 aliphatic rings. The number of hydrogen-bond acceptors (Lipinski definition) is 3.